The van der Waals surface area contributed by atoms with Crippen LogP contribution in [-0.2, 0) is 5.41 Å². The first-order valence-corrected chi connectivity index (χ1v) is 10.0. The van der Waals surface area contributed by atoms with E-state index >= 15 is 0 Å². The molecule has 5 rings (SSSR count). The van der Waals surface area contributed by atoms with Gasteiger partial charge in [0.15, 0.2) is 5.82 Å². The Kier molecular flexibility index (Phi) is 3.82. The van der Waals surface area contributed by atoms with Crippen molar-refractivity contribution in [2.24, 2.45) is 11.8 Å². The Balaban J connectivity index is 1.34. The zero-order valence-electron chi connectivity index (χ0n) is 17.0. The van der Waals surface area contributed by atoms with Gasteiger partial charge in [0, 0.05) is 55.2 Å². The number of hydrogen-bond donors (Lipinski definition) is 1. The molecule has 0 aromatic carbocycles. The van der Waals surface area contributed by atoms with Gasteiger partial charge in [-0.15, -0.1) is 0 Å². The summed E-state index contributed by atoms with van der Waals surface area (Å²) < 4.78 is 0. The van der Waals surface area contributed by atoms with E-state index in [1.54, 1.807) is 12.7 Å². The van der Waals surface area contributed by atoms with Crippen LogP contribution in [0, 0.1) is 18.8 Å². The third-order valence-electron chi connectivity index (χ3n) is 6.06. The molecule has 0 spiro atoms. The van der Waals surface area contributed by atoms with Crippen LogP contribution in [0.2, 0.25) is 0 Å². The van der Waals surface area contributed by atoms with Crippen molar-refractivity contribution in [3.8, 4) is 0 Å². The summed E-state index contributed by atoms with van der Waals surface area (Å²) in [6.45, 7) is 12.8. The summed E-state index contributed by atoms with van der Waals surface area (Å²) in [5.74, 6) is 3.37. The number of fused-ring (bicyclic) bond motifs is 2. The normalized spacial score (nSPS) is 22.3. The second-order valence-electron chi connectivity index (χ2n) is 9.25. The van der Waals surface area contributed by atoms with E-state index in [1.165, 1.54) is 0 Å². The van der Waals surface area contributed by atoms with Crippen LogP contribution in [0.5, 0.6) is 0 Å². The van der Waals surface area contributed by atoms with Crippen molar-refractivity contribution in [3.63, 3.8) is 0 Å². The van der Waals surface area contributed by atoms with Crippen LogP contribution >= 0.6 is 0 Å². The zero-order valence-corrected chi connectivity index (χ0v) is 17.0. The van der Waals surface area contributed by atoms with Gasteiger partial charge in [-0.1, -0.05) is 20.8 Å². The average Bonchev–Trinajstić information content (AvgIpc) is 3.32. The highest BCUT2D eigenvalue weighted by atomic mass is 15.3. The molecule has 2 atom stereocenters. The Morgan fingerprint density at radius 1 is 0.893 bits per heavy atom. The standard InChI is InChI=1S/C21H27N7/c1-13-5-16-19(26-13)20(25-11-22-16)28-9-14-7-27(8-15(14)10-28)18-6-17(21(2,3)4)23-12-24-18/h5-6,11-12,14-15,26H,7-10H2,1-4H3. The maximum atomic E-state index is 4.59. The number of anilines is 2. The van der Waals surface area contributed by atoms with Crippen LogP contribution in [-0.4, -0.2) is 51.1 Å². The molecule has 146 valence electrons. The quantitative estimate of drug-likeness (QED) is 0.740. The number of aromatic amines is 1. The Hall–Kier alpha value is -2.70. The fourth-order valence-corrected chi connectivity index (χ4v) is 4.58. The Morgan fingerprint density at radius 2 is 1.57 bits per heavy atom. The average molecular weight is 377 g/mol. The van der Waals surface area contributed by atoms with Crippen molar-refractivity contribution < 1.29 is 0 Å². The molecule has 2 unspecified atom stereocenters. The SMILES string of the molecule is Cc1cc2ncnc(N3CC4CN(c5cc(C(C)(C)C)ncn5)CC4C3)c2[nH]1. The lowest BCUT2D eigenvalue weighted by atomic mass is 9.92. The molecule has 0 amide bonds. The molecule has 1 N–H and O–H groups in total. The van der Waals surface area contributed by atoms with Gasteiger partial charge in [0.25, 0.3) is 0 Å². The first-order valence-electron chi connectivity index (χ1n) is 10.0. The minimum absolute atomic E-state index is 0.0383. The molecule has 5 heterocycles. The molecule has 0 radical (unpaired) electrons. The van der Waals surface area contributed by atoms with Gasteiger partial charge in [0.2, 0.25) is 0 Å². The van der Waals surface area contributed by atoms with Crippen LogP contribution < -0.4 is 9.80 Å². The molecule has 2 aliphatic heterocycles. The van der Waals surface area contributed by atoms with E-state index in [0.717, 1.165) is 60.2 Å². The van der Waals surface area contributed by atoms with Crippen molar-refractivity contribution in [1.82, 2.24) is 24.9 Å². The van der Waals surface area contributed by atoms with Crippen LogP contribution in [0.25, 0.3) is 11.0 Å². The van der Waals surface area contributed by atoms with Gasteiger partial charge in [0.05, 0.1) is 11.2 Å². The number of rotatable bonds is 2. The first-order chi connectivity index (χ1) is 13.4. The Morgan fingerprint density at radius 3 is 2.29 bits per heavy atom. The van der Waals surface area contributed by atoms with E-state index in [1.807, 2.05) is 0 Å². The van der Waals surface area contributed by atoms with E-state index in [-0.39, 0.29) is 5.41 Å². The minimum atomic E-state index is 0.0383. The molecule has 7 heteroatoms. The third kappa shape index (κ3) is 2.89. The highest BCUT2D eigenvalue weighted by molar-refractivity contribution is 5.86. The predicted molar refractivity (Wildman–Crippen MR) is 111 cm³/mol. The number of aryl methyl sites for hydroxylation is 1. The molecule has 2 saturated heterocycles. The fraction of sp³-hybridized carbons (Fsp3) is 0.524. The Bertz CT molecular complexity index is 1010. The number of hydrogen-bond acceptors (Lipinski definition) is 6. The molecule has 0 saturated carbocycles. The van der Waals surface area contributed by atoms with Crippen LogP contribution in [0.4, 0.5) is 11.6 Å². The first kappa shape index (κ1) is 17.4. The largest absolute Gasteiger partial charge is 0.356 e. The van der Waals surface area contributed by atoms with Crippen molar-refractivity contribution in [2.75, 3.05) is 36.0 Å². The van der Waals surface area contributed by atoms with E-state index in [0.29, 0.717) is 11.8 Å². The summed E-state index contributed by atoms with van der Waals surface area (Å²) in [6.07, 6.45) is 3.39. The molecule has 3 aromatic heterocycles. The van der Waals surface area contributed by atoms with E-state index in [2.05, 4.69) is 74.5 Å². The minimum Gasteiger partial charge on any atom is -0.356 e. The van der Waals surface area contributed by atoms with Gasteiger partial charge in [-0.2, -0.15) is 0 Å². The molecule has 28 heavy (non-hydrogen) atoms. The van der Waals surface area contributed by atoms with Gasteiger partial charge in [-0.05, 0) is 13.0 Å². The Labute approximate surface area is 165 Å². The highest BCUT2D eigenvalue weighted by Gasteiger charge is 2.41. The smallest absolute Gasteiger partial charge is 0.156 e. The lowest BCUT2D eigenvalue weighted by Crippen LogP contribution is -2.30. The molecule has 3 aromatic rings. The van der Waals surface area contributed by atoms with E-state index < -0.39 is 0 Å². The molecule has 7 nitrogen and oxygen atoms in total. The molecule has 0 bridgehead atoms. The van der Waals surface area contributed by atoms with Crippen LogP contribution in [0.3, 0.4) is 0 Å². The van der Waals surface area contributed by atoms with Crippen LogP contribution in [0.15, 0.2) is 24.8 Å². The van der Waals surface area contributed by atoms with Gasteiger partial charge < -0.3 is 14.8 Å². The third-order valence-corrected chi connectivity index (χ3v) is 6.06. The summed E-state index contributed by atoms with van der Waals surface area (Å²) in [5.41, 5.74) is 4.32. The summed E-state index contributed by atoms with van der Waals surface area (Å²) in [4.78, 5) is 26.3. The molecule has 2 fully saturated rings. The summed E-state index contributed by atoms with van der Waals surface area (Å²) in [7, 11) is 0. The topological polar surface area (TPSA) is 73.8 Å². The number of aromatic nitrogens is 5. The lowest BCUT2D eigenvalue weighted by Gasteiger charge is -2.24. The summed E-state index contributed by atoms with van der Waals surface area (Å²) in [6, 6.07) is 4.25. The summed E-state index contributed by atoms with van der Waals surface area (Å²) >= 11 is 0. The molecule has 0 aliphatic carbocycles. The van der Waals surface area contributed by atoms with Crippen molar-refractivity contribution in [2.45, 2.75) is 33.1 Å². The molecular formula is C21H27N7. The maximum Gasteiger partial charge on any atom is 0.156 e. The zero-order chi connectivity index (χ0) is 19.5. The number of nitrogens with one attached hydrogen (secondary N) is 1. The van der Waals surface area contributed by atoms with Gasteiger partial charge in [-0.3, -0.25) is 0 Å². The van der Waals surface area contributed by atoms with Gasteiger partial charge in [-0.25, -0.2) is 19.9 Å². The molecular weight excluding hydrogens is 350 g/mol. The second-order valence-corrected chi connectivity index (χ2v) is 9.25. The second kappa shape index (κ2) is 6.15. The number of nitrogens with zero attached hydrogens (tertiary/aromatic N) is 6. The monoisotopic (exact) mass is 377 g/mol. The van der Waals surface area contributed by atoms with Crippen molar-refractivity contribution in [1.29, 1.82) is 0 Å². The van der Waals surface area contributed by atoms with Crippen molar-refractivity contribution in [3.05, 3.63) is 36.2 Å². The molecule has 2 aliphatic rings. The van der Waals surface area contributed by atoms with Gasteiger partial charge >= 0.3 is 0 Å². The van der Waals surface area contributed by atoms with Crippen LogP contribution in [0.1, 0.15) is 32.2 Å². The lowest BCUT2D eigenvalue weighted by molar-refractivity contribution is 0.533. The van der Waals surface area contributed by atoms with Crippen molar-refractivity contribution >= 4 is 22.7 Å². The highest BCUT2D eigenvalue weighted by Crippen LogP contribution is 2.37. The predicted octanol–water partition coefficient (Wildman–Crippen LogP) is 2.93. The summed E-state index contributed by atoms with van der Waals surface area (Å²) in [5, 5.41) is 0. The van der Waals surface area contributed by atoms with E-state index in [9.17, 15) is 0 Å². The van der Waals surface area contributed by atoms with Gasteiger partial charge in [0.1, 0.15) is 24.0 Å². The van der Waals surface area contributed by atoms with E-state index in [4.69, 9.17) is 0 Å². The fourth-order valence-electron chi connectivity index (χ4n) is 4.58. The number of H-pyrrole nitrogens is 1. The maximum absolute atomic E-state index is 4.59.